The van der Waals surface area contributed by atoms with Gasteiger partial charge in [0.05, 0.1) is 5.69 Å². The first kappa shape index (κ1) is 13.7. The highest BCUT2D eigenvalue weighted by molar-refractivity contribution is 6.06. The van der Waals surface area contributed by atoms with E-state index in [0.29, 0.717) is 5.56 Å². The summed E-state index contributed by atoms with van der Waals surface area (Å²) in [6, 6.07) is 15.6. The molecule has 0 aliphatic carbocycles. The van der Waals surface area contributed by atoms with Crippen LogP contribution in [0, 0.1) is 0 Å². The number of rotatable bonds is 2. The van der Waals surface area contributed by atoms with Crippen LogP contribution in [0.5, 0.6) is 0 Å². The number of amides is 1. The Balaban J connectivity index is 1.63. The van der Waals surface area contributed by atoms with Crippen molar-refractivity contribution in [1.29, 1.82) is 0 Å². The highest BCUT2D eigenvalue weighted by atomic mass is 16.2. The van der Waals surface area contributed by atoms with Crippen LogP contribution >= 0.6 is 0 Å². The fourth-order valence-electron chi connectivity index (χ4n) is 3.00. The van der Waals surface area contributed by atoms with E-state index in [-0.39, 0.29) is 5.91 Å². The lowest BCUT2D eigenvalue weighted by atomic mass is 10.0. The Bertz CT molecular complexity index is 824. The van der Waals surface area contributed by atoms with Crippen LogP contribution in [0.25, 0.3) is 5.69 Å². The van der Waals surface area contributed by atoms with E-state index in [1.807, 2.05) is 47.4 Å². The van der Waals surface area contributed by atoms with Crippen molar-refractivity contribution in [3.8, 4) is 5.69 Å². The summed E-state index contributed by atoms with van der Waals surface area (Å²) >= 11 is 0. The lowest BCUT2D eigenvalue weighted by molar-refractivity contribution is 0.0985. The number of hydrogen-bond acceptors (Lipinski definition) is 3. The van der Waals surface area contributed by atoms with Crippen molar-refractivity contribution >= 4 is 11.6 Å². The van der Waals surface area contributed by atoms with Crippen LogP contribution < -0.4 is 4.90 Å². The maximum atomic E-state index is 12.9. The summed E-state index contributed by atoms with van der Waals surface area (Å²) in [6.07, 6.45) is 5.16. The third-order valence-electron chi connectivity index (χ3n) is 4.15. The maximum Gasteiger partial charge on any atom is 0.258 e. The molecule has 0 spiro atoms. The minimum atomic E-state index is 0.0438. The van der Waals surface area contributed by atoms with Gasteiger partial charge in [-0.1, -0.05) is 18.2 Å². The normalized spacial score (nSPS) is 13.7. The Morgan fingerprint density at radius 2 is 1.87 bits per heavy atom. The number of para-hydroxylation sites is 1. The summed E-state index contributed by atoms with van der Waals surface area (Å²) in [5, 5.41) is 4.09. The third kappa shape index (κ3) is 2.50. The third-order valence-corrected chi connectivity index (χ3v) is 4.15. The largest absolute Gasteiger partial charge is 0.308 e. The molecule has 1 amide bonds. The fourth-order valence-corrected chi connectivity index (χ4v) is 3.00. The molecule has 3 aromatic rings. The topological polar surface area (TPSA) is 51.0 Å². The van der Waals surface area contributed by atoms with Crippen molar-refractivity contribution in [2.45, 2.75) is 12.8 Å². The van der Waals surface area contributed by atoms with Gasteiger partial charge in [0, 0.05) is 17.8 Å². The summed E-state index contributed by atoms with van der Waals surface area (Å²) in [4.78, 5) is 18.7. The number of aryl methyl sites for hydroxylation is 1. The predicted octanol–water partition coefficient (Wildman–Crippen LogP) is 2.86. The van der Waals surface area contributed by atoms with E-state index < -0.39 is 0 Å². The van der Waals surface area contributed by atoms with Gasteiger partial charge in [-0.25, -0.2) is 9.67 Å². The molecule has 0 unspecified atom stereocenters. The average Bonchev–Trinajstić information content (AvgIpc) is 3.15. The molecule has 1 aliphatic heterocycles. The van der Waals surface area contributed by atoms with Gasteiger partial charge in [0.15, 0.2) is 0 Å². The van der Waals surface area contributed by atoms with E-state index in [0.717, 1.165) is 30.8 Å². The standard InChI is InChI=1S/C18H16N4O/c23-18(21-11-3-5-14-4-1-2-6-17(14)21)15-7-9-16(10-8-15)22-13-19-12-20-22/h1-2,4,6-10,12-13H,3,5,11H2. The molecule has 0 saturated heterocycles. The molecule has 0 radical (unpaired) electrons. The monoisotopic (exact) mass is 304 g/mol. The molecule has 0 N–H and O–H groups in total. The molecule has 0 saturated carbocycles. The second-order valence-electron chi connectivity index (χ2n) is 5.58. The summed E-state index contributed by atoms with van der Waals surface area (Å²) in [6.45, 7) is 0.765. The number of benzene rings is 2. The van der Waals surface area contributed by atoms with Gasteiger partial charge in [-0.3, -0.25) is 4.79 Å². The van der Waals surface area contributed by atoms with Crippen molar-refractivity contribution in [3.63, 3.8) is 0 Å². The lowest BCUT2D eigenvalue weighted by Crippen LogP contribution is -2.35. The highest BCUT2D eigenvalue weighted by Gasteiger charge is 2.23. The molecule has 5 nitrogen and oxygen atoms in total. The quantitative estimate of drug-likeness (QED) is 0.731. The summed E-state index contributed by atoms with van der Waals surface area (Å²) in [5.41, 5.74) is 3.85. The zero-order valence-corrected chi connectivity index (χ0v) is 12.6. The SMILES string of the molecule is O=C(c1ccc(-n2cncn2)cc1)N1CCCc2ccccc21. The molecule has 2 aromatic carbocycles. The van der Waals surface area contributed by atoms with E-state index in [1.165, 1.54) is 11.9 Å². The molecule has 23 heavy (non-hydrogen) atoms. The van der Waals surface area contributed by atoms with Gasteiger partial charge in [0.25, 0.3) is 5.91 Å². The minimum Gasteiger partial charge on any atom is -0.308 e. The zero-order chi connectivity index (χ0) is 15.6. The van der Waals surface area contributed by atoms with Gasteiger partial charge in [-0.15, -0.1) is 0 Å². The first-order valence-electron chi connectivity index (χ1n) is 7.68. The Labute approximate surface area is 134 Å². The van der Waals surface area contributed by atoms with Gasteiger partial charge in [-0.05, 0) is 48.7 Å². The summed E-state index contributed by atoms with van der Waals surface area (Å²) in [7, 11) is 0. The number of carbonyl (C=O) groups excluding carboxylic acids is 1. The summed E-state index contributed by atoms with van der Waals surface area (Å²) < 4.78 is 1.67. The maximum absolute atomic E-state index is 12.9. The van der Waals surface area contributed by atoms with E-state index >= 15 is 0 Å². The molecule has 1 aliphatic rings. The number of aromatic nitrogens is 3. The second-order valence-corrected chi connectivity index (χ2v) is 5.58. The van der Waals surface area contributed by atoms with Crippen molar-refractivity contribution in [2.75, 3.05) is 11.4 Å². The van der Waals surface area contributed by atoms with Crippen LogP contribution in [0.4, 0.5) is 5.69 Å². The van der Waals surface area contributed by atoms with Gasteiger partial charge in [0.2, 0.25) is 0 Å². The predicted molar refractivity (Wildman–Crippen MR) is 87.8 cm³/mol. The first-order valence-corrected chi connectivity index (χ1v) is 7.68. The molecular formula is C18H16N4O. The number of anilines is 1. The van der Waals surface area contributed by atoms with Crippen molar-refractivity contribution < 1.29 is 4.79 Å². The van der Waals surface area contributed by atoms with Crippen LogP contribution in [0.15, 0.2) is 61.2 Å². The van der Waals surface area contributed by atoms with Crippen LogP contribution in [0.3, 0.4) is 0 Å². The number of nitrogens with zero attached hydrogens (tertiary/aromatic N) is 4. The highest BCUT2D eigenvalue weighted by Crippen LogP contribution is 2.28. The van der Waals surface area contributed by atoms with E-state index in [2.05, 4.69) is 16.1 Å². The summed E-state index contributed by atoms with van der Waals surface area (Å²) in [5.74, 6) is 0.0438. The van der Waals surface area contributed by atoms with E-state index in [4.69, 9.17) is 0 Å². The molecule has 2 heterocycles. The molecule has 1 aromatic heterocycles. The molecule has 5 heteroatoms. The second kappa shape index (κ2) is 5.68. The Morgan fingerprint density at radius 1 is 1.04 bits per heavy atom. The molecule has 0 fully saturated rings. The lowest BCUT2D eigenvalue weighted by Gasteiger charge is -2.29. The van der Waals surface area contributed by atoms with Crippen molar-refractivity contribution in [2.24, 2.45) is 0 Å². The smallest absolute Gasteiger partial charge is 0.258 e. The van der Waals surface area contributed by atoms with E-state index in [1.54, 1.807) is 11.0 Å². The minimum absolute atomic E-state index is 0.0438. The number of hydrogen-bond donors (Lipinski definition) is 0. The Morgan fingerprint density at radius 3 is 2.65 bits per heavy atom. The Kier molecular flexibility index (Phi) is 3.38. The van der Waals surface area contributed by atoms with Crippen LogP contribution in [0.1, 0.15) is 22.3 Å². The van der Waals surface area contributed by atoms with Gasteiger partial charge in [0.1, 0.15) is 12.7 Å². The molecule has 114 valence electrons. The number of carbonyl (C=O) groups is 1. The van der Waals surface area contributed by atoms with Gasteiger partial charge in [-0.2, -0.15) is 5.10 Å². The zero-order valence-electron chi connectivity index (χ0n) is 12.6. The van der Waals surface area contributed by atoms with Crippen LogP contribution in [0.2, 0.25) is 0 Å². The van der Waals surface area contributed by atoms with Crippen LogP contribution in [-0.4, -0.2) is 27.2 Å². The molecule has 0 atom stereocenters. The van der Waals surface area contributed by atoms with Gasteiger partial charge >= 0.3 is 0 Å². The van der Waals surface area contributed by atoms with Crippen LogP contribution in [-0.2, 0) is 6.42 Å². The molecule has 0 bridgehead atoms. The first-order chi connectivity index (χ1) is 11.3. The van der Waals surface area contributed by atoms with Crippen molar-refractivity contribution in [1.82, 2.24) is 14.8 Å². The molecular weight excluding hydrogens is 288 g/mol. The fraction of sp³-hybridized carbons (Fsp3) is 0.167. The van der Waals surface area contributed by atoms with Gasteiger partial charge < -0.3 is 4.90 Å². The van der Waals surface area contributed by atoms with E-state index in [9.17, 15) is 4.79 Å². The average molecular weight is 304 g/mol. The Hall–Kier alpha value is -2.95. The van der Waals surface area contributed by atoms with Crippen molar-refractivity contribution in [3.05, 3.63) is 72.3 Å². The molecule has 4 rings (SSSR count). The number of fused-ring (bicyclic) bond motifs is 1.